The number of phenols is 1. The minimum Gasteiger partial charge on any atom is -0.507 e. The van der Waals surface area contributed by atoms with Gasteiger partial charge >= 0.3 is 5.97 Å². The van der Waals surface area contributed by atoms with Crippen LogP contribution < -0.4 is 5.73 Å². The number of unbranched alkanes of at least 4 members (excludes halogenated alkanes) is 3. The van der Waals surface area contributed by atoms with E-state index in [0.29, 0.717) is 6.42 Å². The predicted octanol–water partition coefficient (Wildman–Crippen LogP) is 2.33. The lowest BCUT2D eigenvalue weighted by molar-refractivity contribution is -0.141. The Bertz CT molecular complexity index is 487. The highest BCUT2D eigenvalue weighted by Gasteiger charge is 2.42. The summed E-state index contributed by atoms with van der Waals surface area (Å²) in [6.07, 6.45) is 3.45. The lowest BCUT2D eigenvalue weighted by atomic mass is 9.85. The topological polar surface area (TPSA) is 101 Å². The second kappa shape index (κ2) is 7.05. The van der Waals surface area contributed by atoms with Crippen LogP contribution in [0, 0.1) is 0 Å². The molecule has 0 aliphatic rings. The van der Waals surface area contributed by atoms with Crippen LogP contribution in [0.25, 0.3) is 0 Å². The summed E-state index contributed by atoms with van der Waals surface area (Å²) in [5, 5.41) is 19.0. The molecule has 0 saturated heterocycles. The van der Waals surface area contributed by atoms with Gasteiger partial charge in [0.2, 0.25) is 0 Å². The molecule has 20 heavy (non-hydrogen) atoms. The van der Waals surface area contributed by atoms with E-state index in [2.05, 4.69) is 0 Å². The summed E-state index contributed by atoms with van der Waals surface area (Å²) in [4.78, 5) is 23.7. The molecule has 0 saturated carbocycles. The van der Waals surface area contributed by atoms with Gasteiger partial charge in [-0.2, -0.15) is 0 Å². The average molecular weight is 279 g/mol. The van der Waals surface area contributed by atoms with Gasteiger partial charge in [0.15, 0.2) is 11.3 Å². The van der Waals surface area contributed by atoms with E-state index in [9.17, 15) is 19.8 Å². The van der Waals surface area contributed by atoms with E-state index < -0.39 is 17.3 Å². The molecule has 1 unspecified atom stereocenters. The van der Waals surface area contributed by atoms with E-state index in [1.54, 1.807) is 12.1 Å². The summed E-state index contributed by atoms with van der Waals surface area (Å²) in [6, 6.07) is 5.85. The fourth-order valence-electron chi connectivity index (χ4n) is 2.05. The summed E-state index contributed by atoms with van der Waals surface area (Å²) in [6.45, 7) is 2.04. The van der Waals surface area contributed by atoms with Crippen LogP contribution in [-0.2, 0) is 4.79 Å². The van der Waals surface area contributed by atoms with Gasteiger partial charge in [0, 0.05) is 0 Å². The van der Waals surface area contributed by atoms with Gasteiger partial charge in [-0.3, -0.25) is 4.79 Å². The smallest absolute Gasteiger partial charge is 0.331 e. The number of ketones is 1. The summed E-state index contributed by atoms with van der Waals surface area (Å²) in [5.41, 5.74) is 3.78. The van der Waals surface area contributed by atoms with Crippen molar-refractivity contribution in [3.63, 3.8) is 0 Å². The number of carbonyl (C=O) groups excluding carboxylic acids is 1. The van der Waals surface area contributed by atoms with Crippen molar-refractivity contribution < 1.29 is 19.8 Å². The zero-order valence-electron chi connectivity index (χ0n) is 11.6. The molecule has 5 heteroatoms. The number of hydrogen-bond donors (Lipinski definition) is 3. The Morgan fingerprint density at radius 1 is 1.20 bits per heavy atom. The number of para-hydroxylation sites is 1. The molecule has 0 spiro atoms. The lowest BCUT2D eigenvalue weighted by Crippen LogP contribution is -2.54. The summed E-state index contributed by atoms with van der Waals surface area (Å²) in [7, 11) is 0. The van der Waals surface area contributed by atoms with Crippen LogP contribution in [-0.4, -0.2) is 27.5 Å². The SMILES string of the molecule is CCCCCCC(N)(C(=O)O)C(=O)c1ccccc1O. The molecule has 0 aromatic heterocycles. The van der Waals surface area contributed by atoms with Crippen LogP contribution in [0.15, 0.2) is 24.3 Å². The molecular weight excluding hydrogens is 258 g/mol. The molecule has 110 valence electrons. The molecule has 0 heterocycles. The van der Waals surface area contributed by atoms with E-state index in [-0.39, 0.29) is 17.7 Å². The maximum Gasteiger partial charge on any atom is 0.331 e. The predicted molar refractivity (Wildman–Crippen MR) is 75.8 cm³/mol. The minimum atomic E-state index is -1.98. The van der Waals surface area contributed by atoms with Crippen LogP contribution >= 0.6 is 0 Å². The number of hydrogen-bond acceptors (Lipinski definition) is 4. The Morgan fingerprint density at radius 2 is 1.85 bits per heavy atom. The first-order chi connectivity index (χ1) is 9.43. The van der Waals surface area contributed by atoms with Gasteiger partial charge in [-0.25, -0.2) is 4.79 Å². The van der Waals surface area contributed by atoms with Crippen LogP contribution in [0.2, 0.25) is 0 Å². The van der Waals surface area contributed by atoms with Crippen molar-refractivity contribution in [1.29, 1.82) is 0 Å². The molecule has 0 amide bonds. The summed E-state index contributed by atoms with van der Waals surface area (Å²) in [5.74, 6) is -2.36. The van der Waals surface area contributed by atoms with Crippen LogP contribution in [0.5, 0.6) is 5.75 Å². The third-order valence-corrected chi connectivity index (χ3v) is 3.36. The standard InChI is InChI=1S/C15H21NO4/c1-2-3-4-7-10-15(16,14(19)20)13(18)11-8-5-6-9-12(11)17/h5-6,8-9,17H,2-4,7,10,16H2,1H3,(H,19,20). The van der Waals surface area contributed by atoms with Crippen molar-refractivity contribution in [2.75, 3.05) is 0 Å². The Balaban J connectivity index is 2.92. The number of aliphatic carboxylic acids is 1. The number of carboxylic acid groups (broad SMARTS) is 1. The number of aromatic hydroxyl groups is 1. The number of carboxylic acids is 1. The van der Waals surface area contributed by atoms with Crippen molar-refractivity contribution in [1.82, 2.24) is 0 Å². The van der Waals surface area contributed by atoms with Crippen molar-refractivity contribution >= 4 is 11.8 Å². The number of rotatable bonds is 8. The third kappa shape index (κ3) is 3.57. The van der Waals surface area contributed by atoms with Gasteiger partial charge < -0.3 is 15.9 Å². The number of Topliss-reactive ketones (excluding diaryl/α,β-unsaturated/α-hetero) is 1. The van der Waals surface area contributed by atoms with Gasteiger partial charge in [-0.1, -0.05) is 44.7 Å². The normalized spacial score (nSPS) is 13.7. The first kappa shape index (κ1) is 16.2. The molecule has 0 aliphatic heterocycles. The fraction of sp³-hybridized carbons (Fsp3) is 0.467. The molecule has 5 nitrogen and oxygen atoms in total. The molecule has 1 atom stereocenters. The Hall–Kier alpha value is -1.88. The largest absolute Gasteiger partial charge is 0.507 e. The first-order valence-electron chi connectivity index (χ1n) is 6.78. The minimum absolute atomic E-state index is 0.0482. The number of carbonyl (C=O) groups is 2. The maximum atomic E-state index is 12.3. The van der Waals surface area contributed by atoms with Gasteiger partial charge in [-0.15, -0.1) is 0 Å². The van der Waals surface area contributed by atoms with Crippen molar-refractivity contribution in [2.24, 2.45) is 5.73 Å². The maximum absolute atomic E-state index is 12.3. The monoisotopic (exact) mass is 279 g/mol. The highest BCUT2D eigenvalue weighted by molar-refractivity contribution is 6.16. The average Bonchev–Trinajstić information content (AvgIpc) is 2.43. The van der Waals surface area contributed by atoms with E-state index in [1.165, 1.54) is 12.1 Å². The highest BCUT2D eigenvalue weighted by atomic mass is 16.4. The molecule has 1 aromatic carbocycles. The zero-order valence-corrected chi connectivity index (χ0v) is 11.6. The summed E-state index contributed by atoms with van der Waals surface area (Å²) < 4.78 is 0. The van der Waals surface area contributed by atoms with Gasteiger partial charge in [0.25, 0.3) is 0 Å². The second-order valence-corrected chi connectivity index (χ2v) is 4.93. The zero-order chi connectivity index (χ0) is 15.2. The van der Waals surface area contributed by atoms with Gasteiger partial charge in [0.1, 0.15) is 5.75 Å². The molecule has 1 aromatic rings. The van der Waals surface area contributed by atoms with Crippen molar-refractivity contribution in [3.05, 3.63) is 29.8 Å². The Labute approximate surface area is 118 Å². The molecule has 0 fully saturated rings. The van der Waals surface area contributed by atoms with Crippen LogP contribution in [0.1, 0.15) is 49.4 Å². The number of phenolic OH excluding ortho intramolecular Hbond substituents is 1. The molecule has 0 radical (unpaired) electrons. The van der Waals surface area contributed by atoms with Crippen molar-refractivity contribution in [3.8, 4) is 5.75 Å². The number of nitrogens with two attached hydrogens (primary N) is 1. The van der Waals surface area contributed by atoms with E-state index >= 15 is 0 Å². The third-order valence-electron chi connectivity index (χ3n) is 3.36. The summed E-state index contributed by atoms with van der Waals surface area (Å²) >= 11 is 0. The molecule has 0 bridgehead atoms. The van der Waals surface area contributed by atoms with E-state index in [4.69, 9.17) is 5.73 Å². The fourth-order valence-corrected chi connectivity index (χ4v) is 2.05. The van der Waals surface area contributed by atoms with Gasteiger partial charge in [0.05, 0.1) is 5.56 Å². The van der Waals surface area contributed by atoms with Crippen LogP contribution in [0.4, 0.5) is 0 Å². The molecule has 1 rings (SSSR count). The van der Waals surface area contributed by atoms with E-state index in [0.717, 1.165) is 19.3 Å². The Kier molecular flexibility index (Phi) is 5.70. The van der Waals surface area contributed by atoms with Crippen LogP contribution in [0.3, 0.4) is 0 Å². The van der Waals surface area contributed by atoms with Gasteiger partial charge in [-0.05, 0) is 18.6 Å². The molecular formula is C15H21NO4. The van der Waals surface area contributed by atoms with E-state index in [1.807, 2.05) is 6.92 Å². The lowest BCUT2D eigenvalue weighted by Gasteiger charge is -2.23. The Morgan fingerprint density at radius 3 is 2.40 bits per heavy atom. The first-order valence-corrected chi connectivity index (χ1v) is 6.78. The molecule has 0 aliphatic carbocycles. The highest BCUT2D eigenvalue weighted by Crippen LogP contribution is 2.24. The molecule has 4 N–H and O–H groups in total. The quantitative estimate of drug-likeness (QED) is 0.385. The number of benzene rings is 1. The van der Waals surface area contributed by atoms with Crippen molar-refractivity contribution in [2.45, 2.75) is 44.6 Å². The second-order valence-electron chi connectivity index (χ2n) is 4.93.